The van der Waals surface area contributed by atoms with Crippen LogP contribution >= 0.6 is 0 Å². The van der Waals surface area contributed by atoms with Gasteiger partial charge in [-0.25, -0.2) is 9.59 Å². The minimum Gasteiger partial charge on any atom is -0.481 e. The molecule has 1 aliphatic carbocycles. The van der Waals surface area contributed by atoms with E-state index in [2.05, 4.69) is 5.32 Å². The molecule has 2 rings (SSSR count). The summed E-state index contributed by atoms with van der Waals surface area (Å²) in [6.07, 6.45) is 6.15. The molecule has 0 radical (unpaired) electrons. The summed E-state index contributed by atoms with van der Waals surface area (Å²) in [7, 11) is 0. The highest BCUT2D eigenvalue weighted by atomic mass is 16.6. The molecule has 1 heterocycles. The summed E-state index contributed by atoms with van der Waals surface area (Å²) in [5.74, 6) is -3.78. The van der Waals surface area contributed by atoms with Crippen molar-refractivity contribution in [3.05, 3.63) is 0 Å². The Balaban J connectivity index is 1.91. The predicted octanol–water partition coefficient (Wildman–Crippen LogP) is 3.25. The van der Waals surface area contributed by atoms with Gasteiger partial charge in [0, 0.05) is 32.1 Å². The van der Waals surface area contributed by atoms with Crippen molar-refractivity contribution in [3.8, 4) is 0 Å². The molecule has 0 aromatic carbocycles. The van der Waals surface area contributed by atoms with Gasteiger partial charge in [-0.2, -0.15) is 0 Å². The molecule has 2 fully saturated rings. The van der Waals surface area contributed by atoms with Crippen molar-refractivity contribution in [1.29, 1.82) is 0 Å². The second-order valence-electron chi connectivity index (χ2n) is 13.0. The maximum absolute atomic E-state index is 13.5. The van der Waals surface area contributed by atoms with E-state index in [-0.39, 0.29) is 37.6 Å². The average Bonchev–Trinajstić information content (AvgIpc) is 2.95. The van der Waals surface area contributed by atoms with Crippen molar-refractivity contribution < 1.29 is 43.7 Å². The second kappa shape index (κ2) is 17.2. The lowest BCUT2D eigenvalue weighted by Gasteiger charge is -2.39. The Morgan fingerprint density at radius 2 is 1.59 bits per heavy atom. The number of carboxylic acid groups (broad SMARTS) is 2. The first kappa shape index (κ1) is 36.8. The first-order valence-electron chi connectivity index (χ1n) is 15.9. The first-order valence-corrected chi connectivity index (χ1v) is 15.9. The van der Waals surface area contributed by atoms with Gasteiger partial charge in [0.05, 0.1) is 13.0 Å². The van der Waals surface area contributed by atoms with Gasteiger partial charge in [0.25, 0.3) is 0 Å². The van der Waals surface area contributed by atoms with E-state index in [9.17, 15) is 39.0 Å². The minimum absolute atomic E-state index is 0.224. The van der Waals surface area contributed by atoms with Crippen LogP contribution in [0.15, 0.2) is 0 Å². The Morgan fingerprint density at radius 1 is 0.977 bits per heavy atom. The van der Waals surface area contributed by atoms with Crippen LogP contribution < -0.4 is 5.32 Å². The number of amides is 4. The van der Waals surface area contributed by atoms with E-state index in [1.807, 2.05) is 20.8 Å². The molecule has 2 atom stereocenters. The smallest absolute Gasteiger partial charge is 0.410 e. The zero-order chi connectivity index (χ0) is 33.0. The number of aliphatic carboxylic acids is 2. The van der Waals surface area contributed by atoms with E-state index in [0.29, 0.717) is 38.3 Å². The van der Waals surface area contributed by atoms with Gasteiger partial charge in [-0.05, 0) is 79.1 Å². The molecule has 0 aromatic heterocycles. The third-order valence-corrected chi connectivity index (χ3v) is 8.35. The van der Waals surface area contributed by atoms with Crippen molar-refractivity contribution in [2.24, 2.45) is 5.92 Å². The zero-order valence-corrected chi connectivity index (χ0v) is 27.0. The molecule has 1 aliphatic heterocycles. The van der Waals surface area contributed by atoms with Gasteiger partial charge < -0.3 is 35.0 Å². The standard InChI is InChI=1S/C31H52N4O9/c1-6-33(26(37)14-10-11-22-15-17-34(18-16-22)30(43)44-31(3,4)5)20-25(36)32-24(19-27(38)39)28(40)35(21(2)29(41)42)23-12-8-7-9-13-23/h21-24H,6-20H2,1-5H3,(H,32,36)(H,38,39)(H,41,42)/t21-,24-/m0/s1. The highest BCUT2D eigenvalue weighted by Crippen LogP contribution is 2.26. The van der Waals surface area contributed by atoms with Gasteiger partial charge in [-0.15, -0.1) is 0 Å². The number of carboxylic acids is 2. The third-order valence-electron chi connectivity index (χ3n) is 8.35. The van der Waals surface area contributed by atoms with Gasteiger partial charge in [-0.1, -0.05) is 19.3 Å². The molecule has 250 valence electrons. The lowest BCUT2D eigenvalue weighted by atomic mass is 9.91. The Morgan fingerprint density at radius 3 is 2.11 bits per heavy atom. The van der Waals surface area contributed by atoms with Crippen molar-refractivity contribution in [1.82, 2.24) is 20.0 Å². The molecule has 13 nitrogen and oxygen atoms in total. The maximum atomic E-state index is 13.5. The Labute approximate surface area is 260 Å². The van der Waals surface area contributed by atoms with Gasteiger partial charge >= 0.3 is 18.0 Å². The third kappa shape index (κ3) is 12.0. The number of carbonyl (C=O) groups is 6. The molecule has 44 heavy (non-hydrogen) atoms. The molecule has 1 saturated carbocycles. The van der Waals surface area contributed by atoms with Crippen LogP contribution in [0.5, 0.6) is 0 Å². The Bertz CT molecular complexity index is 1010. The van der Waals surface area contributed by atoms with Crippen molar-refractivity contribution >= 4 is 35.8 Å². The molecule has 4 amide bonds. The normalized spacial score (nSPS) is 17.7. The van der Waals surface area contributed by atoms with Crippen LogP contribution in [0.3, 0.4) is 0 Å². The summed E-state index contributed by atoms with van der Waals surface area (Å²) in [5.41, 5.74) is -0.544. The SMILES string of the molecule is CCN(CC(=O)N[C@@H](CC(=O)O)C(=O)N(C1CCCCC1)[C@@H](C)C(=O)O)C(=O)CCCC1CCN(C(=O)OC(C)(C)C)CC1. The van der Waals surface area contributed by atoms with E-state index in [1.54, 1.807) is 11.8 Å². The van der Waals surface area contributed by atoms with Crippen LogP contribution in [0.25, 0.3) is 0 Å². The molecule has 0 spiro atoms. The molecule has 0 unspecified atom stereocenters. The number of nitrogens with one attached hydrogen (secondary N) is 1. The van der Waals surface area contributed by atoms with Gasteiger partial charge in [-0.3, -0.25) is 19.2 Å². The highest BCUT2D eigenvalue weighted by Gasteiger charge is 2.38. The fourth-order valence-corrected chi connectivity index (χ4v) is 5.94. The van der Waals surface area contributed by atoms with Crippen LogP contribution in [-0.4, -0.2) is 111 Å². The van der Waals surface area contributed by atoms with E-state index in [4.69, 9.17) is 4.74 Å². The summed E-state index contributed by atoms with van der Waals surface area (Å²) in [6.45, 7) is 9.74. The van der Waals surface area contributed by atoms with Gasteiger partial charge in [0.1, 0.15) is 17.7 Å². The Hall–Kier alpha value is -3.38. The fraction of sp³-hybridized carbons (Fsp3) is 0.806. The fourth-order valence-electron chi connectivity index (χ4n) is 5.94. The van der Waals surface area contributed by atoms with Crippen LogP contribution in [0.4, 0.5) is 4.79 Å². The maximum Gasteiger partial charge on any atom is 0.410 e. The largest absolute Gasteiger partial charge is 0.481 e. The average molecular weight is 625 g/mol. The lowest BCUT2D eigenvalue weighted by molar-refractivity contribution is -0.155. The quantitative estimate of drug-likeness (QED) is 0.262. The van der Waals surface area contributed by atoms with Crippen LogP contribution in [-0.2, 0) is 28.7 Å². The van der Waals surface area contributed by atoms with Gasteiger partial charge in [0.2, 0.25) is 17.7 Å². The molecule has 2 aliphatic rings. The molecule has 0 aromatic rings. The minimum atomic E-state index is -1.45. The lowest BCUT2D eigenvalue weighted by Crippen LogP contribution is -2.58. The van der Waals surface area contributed by atoms with E-state index in [0.717, 1.165) is 38.5 Å². The predicted molar refractivity (Wildman–Crippen MR) is 162 cm³/mol. The van der Waals surface area contributed by atoms with E-state index in [1.165, 1.54) is 16.7 Å². The van der Waals surface area contributed by atoms with Crippen molar-refractivity contribution in [2.45, 2.75) is 129 Å². The number of ether oxygens (including phenoxy) is 1. The highest BCUT2D eigenvalue weighted by molar-refractivity contribution is 5.94. The zero-order valence-electron chi connectivity index (χ0n) is 27.0. The molecule has 1 saturated heterocycles. The van der Waals surface area contributed by atoms with Crippen LogP contribution in [0, 0.1) is 5.92 Å². The molecule has 13 heteroatoms. The first-order chi connectivity index (χ1) is 20.6. The summed E-state index contributed by atoms with van der Waals surface area (Å²) < 4.78 is 5.44. The number of carbonyl (C=O) groups excluding carboxylic acids is 4. The number of nitrogens with zero attached hydrogens (tertiary/aromatic N) is 3. The van der Waals surface area contributed by atoms with Crippen LogP contribution in [0.1, 0.15) is 105 Å². The van der Waals surface area contributed by atoms with Crippen molar-refractivity contribution in [2.75, 3.05) is 26.2 Å². The second-order valence-corrected chi connectivity index (χ2v) is 13.0. The van der Waals surface area contributed by atoms with Crippen molar-refractivity contribution in [3.63, 3.8) is 0 Å². The molecular weight excluding hydrogens is 572 g/mol. The number of hydrogen-bond acceptors (Lipinski definition) is 7. The number of rotatable bonds is 14. The summed E-state index contributed by atoms with van der Waals surface area (Å²) >= 11 is 0. The molecule has 3 N–H and O–H groups in total. The molecular formula is C31H52N4O9. The monoisotopic (exact) mass is 624 g/mol. The topological polar surface area (TPSA) is 174 Å². The number of hydrogen-bond donors (Lipinski definition) is 3. The summed E-state index contributed by atoms with van der Waals surface area (Å²) in [4.78, 5) is 79.5. The van der Waals surface area contributed by atoms with Crippen LogP contribution in [0.2, 0.25) is 0 Å². The Kier molecular flexibility index (Phi) is 14.4. The number of likely N-dealkylation sites (N-methyl/N-ethyl adjacent to an activating group) is 1. The van der Waals surface area contributed by atoms with Gasteiger partial charge in [0.15, 0.2) is 0 Å². The summed E-state index contributed by atoms with van der Waals surface area (Å²) in [5, 5.41) is 21.6. The number of likely N-dealkylation sites (tertiary alicyclic amines) is 1. The number of piperidine rings is 1. The van der Waals surface area contributed by atoms with E-state index >= 15 is 0 Å². The summed E-state index contributed by atoms with van der Waals surface area (Å²) in [6, 6.07) is -2.99. The molecule has 0 bridgehead atoms. The van der Waals surface area contributed by atoms with E-state index < -0.39 is 47.9 Å².